The Hall–Kier alpha value is -0.0800. The van der Waals surface area contributed by atoms with Gasteiger partial charge in [0.15, 0.2) is 6.29 Å². The molecule has 0 aromatic rings. The lowest BCUT2D eigenvalue weighted by atomic mass is 10.1. The van der Waals surface area contributed by atoms with E-state index in [2.05, 4.69) is 6.92 Å². The maximum absolute atomic E-state index is 5.56. The van der Waals surface area contributed by atoms with Crippen molar-refractivity contribution in [3.05, 3.63) is 0 Å². The molecule has 0 radical (unpaired) electrons. The maximum Gasteiger partial charge on any atom is 0.155 e. The largest absolute Gasteiger partial charge is 0.353 e. The first-order valence-corrected chi connectivity index (χ1v) is 6.93. The van der Waals surface area contributed by atoms with Gasteiger partial charge in [-0.3, -0.25) is 0 Å². The third-order valence-electron chi connectivity index (χ3n) is 2.56. The van der Waals surface area contributed by atoms with Gasteiger partial charge >= 0.3 is 0 Å². The van der Waals surface area contributed by atoms with Gasteiger partial charge in [0.2, 0.25) is 0 Å². The zero-order valence-corrected chi connectivity index (χ0v) is 11.6. The molecule has 0 fully saturated rings. The summed E-state index contributed by atoms with van der Waals surface area (Å²) in [6.07, 6.45) is 9.49. The molecule has 0 aromatic heterocycles. The van der Waals surface area contributed by atoms with Crippen LogP contribution in [0.15, 0.2) is 0 Å². The van der Waals surface area contributed by atoms with Crippen LogP contribution in [-0.2, 0) is 9.47 Å². The molecule has 0 amide bonds. The van der Waals surface area contributed by atoms with Crippen LogP contribution in [0.25, 0.3) is 0 Å². The molecule has 2 heteroatoms. The summed E-state index contributed by atoms with van der Waals surface area (Å²) >= 11 is 0. The van der Waals surface area contributed by atoms with Crippen LogP contribution in [-0.4, -0.2) is 19.0 Å². The van der Waals surface area contributed by atoms with Crippen molar-refractivity contribution >= 4 is 0 Å². The van der Waals surface area contributed by atoms with Crippen LogP contribution in [0.3, 0.4) is 0 Å². The quantitative estimate of drug-likeness (QED) is 0.383. The molecule has 98 valence electrons. The summed E-state index contributed by atoms with van der Waals surface area (Å²) < 4.78 is 11.0. The molecule has 0 heterocycles. The maximum atomic E-state index is 5.56. The lowest BCUT2D eigenvalue weighted by molar-refractivity contribution is -0.151. The molecule has 0 rings (SSSR count). The minimum Gasteiger partial charge on any atom is -0.353 e. The van der Waals surface area contributed by atoms with E-state index >= 15 is 0 Å². The molecule has 0 aromatic carbocycles. The SMILES string of the molecule is CCCCCCCCCOC(C)OC(C)C. The number of hydrogen-bond acceptors (Lipinski definition) is 2. The lowest BCUT2D eigenvalue weighted by Crippen LogP contribution is -2.18. The fourth-order valence-electron chi connectivity index (χ4n) is 1.73. The van der Waals surface area contributed by atoms with Gasteiger partial charge in [0, 0.05) is 6.61 Å². The van der Waals surface area contributed by atoms with Crippen LogP contribution in [0.5, 0.6) is 0 Å². The van der Waals surface area contributed by atoms with Crippen molar-refractivity contribution in [1.29, 1.82) is 0 Å². The van der Waals surface area contributed by atoms with E-state index in [9.17, 15) is 0 Å². The Balaban J connectivity index is 3.08. The van der Waals surface area contributed by atoms with Gasteiger partial charge in [-0.05, 0) is 27.2 Å². The molecule has 1 unspecified atom stereocenters. The van der Waals surface area contributed by atoms with Gasteiger partial charge in [-0.2, -0.15) is 0 Å². The van der Waals surface area contributed by atoms with Crippen LogP contribution in [0, 0.1) is 0 Å². The fourth-order valence-corrected chi connectivity index (χ4v) is 1.73. The predicted molar refractivity (Wildman–Crippen MR) is 69.6 cm³/mol. The standard InChI is InChI=1S/C14H30O2/c1-5-6-7-8-9-10-11-12-15-14(4)16-13(2)3/h13-14H,5-12H2,1-4H3. The Morgan fingerprint density at radius 2 is 1.38 bits per heavy atom. The fraction of sp³-hybridized carbons (Fsp3) is 1.00. The van der Waals surface area contributed by atoms with Crippen LogP contribution in [0.1, 0.15) is 72.6 Å². The van der Waals surface area contributed by atoms with Crippen molar-refractivity contribution in [3.8, 4) is 0 Å². The summed E-state index contributed by atoms with van der Waals surface area (Å²) in [6.45, 7) is 9.13. The summed E-state index contributed by atoms with van der Waals surface area (Å²) in [6, 6.07) is 0. The lowest BCUT2D eigenvalue weighted by Gasteiger charge is -2.16. The molecule has 16 heavy (non-hydrogen) atoms. The molecule has 0 N–H and O–H groups in total. The first-order valence-electron chi connectivity index (χ1n) is 6.93. The molecule has 1 atom stereocenters. The normalized spacial score (nSPS) is 13.3. The van der Waals surface area contributed by atoms with Gasteiger partial charge in [-0.1, -0.05) is 45.4 Å². The van der Waals surface area contributed by atoms with Crippen molar-refractivity contribution < 1.29 is 9.47 Å². The highest BCUT2D eigenvalue weighted by Crippen LogP contribution is 2.07. The van der Waals surface area contributed by atoms with Crippen LogP contribution < -0.4 is 0 Å². The molecule has 0 aliphatic heterocycles. The molecule has 2 nitrogen and oxygen atoms in total. The number of ether oxygens (including phenoxy) is 2. The summed E-state index contributed by atoms with van der Waals surface area (Å²) in [5, 5.41) is 0. The van der Waals surface area contributed by atoms with Gasteiger partial charge < -0.3 is 9.47 Å². The van der Waals surface area contributed by atoms with Crippen LogP contribution >= 0.6 is 0 Å². The Morgan fingerprint density at radius 1 is 0.812 bits per heavy atom. The average molecular weight is 230 g/mol. The number of hydrogen-bond donors (Lipinski definition) is 0. The minimum absolute atomic E-state index is 0.0555. The van der Waals surface area contributed by atoms with E-state index in [0.717, 1.165) is 13.0 Å². The van der Waals surface area contributed by atoms with E-state index in [-0.39, 0.29) is 12.4 Å². The van der Waals surface area contributed by atoms with Crippen LogP contribution in [0.2, 0.25) is 0 Å². The smallest absolute Gasteiger partial charge is 0.155 e. The second kappa shape index (κ2) is 11.4. The molecule has 0 aliphatic rings. The molecule has 0 bridgehead atoms. The highest BCUT2D eigenvalue weighted by molar-refractivity contribution is 4.45. The summed E-state index contributed by atoms with van der Waals surface area (Å²) in [5.74, 6) is 0. The molecular formula is C14H30O2. The van der Waals surface area contributed by atoms with E-state index in [0.29, 0.717) is 0 Å². The predicted octanol–water partition coefficient (Wildman–Crippen LogP) is 4.52. The highest BCUT2D eigenvalue weighted by Gasteiger charge is 2.03. The second-order valence-corrected chi connectivity index (χ2v) is 4.74. The Bertz CT molecular complexity index is 135. The zero-order chi connectivity index (χ0) is 12.2. The van der Waals surface area contributed by atoms with Gasteiger partial charge in [-0.15, -0.1) is 0 Å². The number of rotatable bonds is 11. The highest BCUT2D eigenvalue weighted by atomic mass is 16.7. The third-order valence-corrected chi connectivity index (χ3v) is 2.56. The van der Waals surface area contributed by atoms with Crippen LogP contribution in [0.4, 0.5) is 0 Å². The summed E-state index contributed by atoms with van der Waals surface area (Å²) in [4.78, 5) is 0. The average Bonchev–Trinajstić information content (AvgIpc) is 2.21. The molecule has 0 aliphatic carbocycles. The van der Waals surface area contributed by atoms with E-state index in [4.69, 9.17) is 9.47 Å². The van der Waals surface area contributed by atoms with E-state index in [1.165, 1.54) is 38.5 Å². The molecule has 0 saturated carbocycles. The second-order valence-electron chi connectivity index (χ2n) is 4.74. The van der Waals surface area contributed by atoms with Gasteiger partial charge in [0.1, 0.15) is 0 Å². The Kier molecular flexibility index (Phi) is 11.3. The van der Waals surface area contributed by atoms with Crippen molar-refractivity contribution in [2.75, 3.05) is 6.61 Å². The van der Waals surface area contributed by atoms with Crippen molar-refractivity contribution in [2.24, 2.45) is 0 Å². The van der Waals surface area contributed by atoms with E-state index < -0.39 is 0 Å². The Morgan fingerprint density at radius 3 is 1.94 bits per heavy atom. The van der Waals surface area contributed by atoms with Crippen molar-refractivity contribution in [3.63, 3.8) is 0 Å². The first kappa shape index (κ1) is 15.9. The monoisotopic (exact) mass is 230 g/mol. The Labute approximate surface area is 102 Å². The van der Waals surface area contributed by atoms with E-state index in [1.807, 2.05) is 20.8 Å². The van der Waals surface area contributed by atoms with Crippen molar-refractivity contribution in [2.45, 2.75) is 85.0 Å². The third kappa shape index (κ3) is 12.0. The molecular weight excluding hydrogens is 200 g/mol. The number of unbranched alkanes of at least 4 members (excludes halogenated alkanes) is 6. The zero-order valence-electron chi connectivity index (χ0n) is 11.6. The van der Waals surface area contributed by atoms with Gasteiger partial charge in [0.05, 0.1) is 6.10 Å². The molecule has 0 spiro atoms. The summed E-state index contributed by atoms with van der Waals surface area (Å²) in [5.41, 5.74) is 0. The molecule has 0 saturated heterocycles. The minimum atomic E-state index is -0.0555. The van der Waals surface area contributed by atoms with Gasteiger partial charge in [-0.25, -0.2) is 0 Å². The first-order chi connectivity index (χ1) is 7.66. The summed E-state index contributed by atoms with van der Waals surface area (Å²) in [7, 11) is 0. The topological polar surface area (TPSA) is 18.5 Å². The van der Waals surface area contributed by atoms with Gasteiger partial charge in [0.25, 0.3) is 0 Å². The van der Waals surface area contributed by atoms with E-state index in [1.54, 1.807) is 0 Å². The van der Waals surface area contributed by atoms with Crippen molar-refractivity contribution in [1.82, 2.24) is 0 Å².